The van der Waals surface area contributed by atoms with Gasteiger partial charge in [-0.05, 0) is 53.8 Å². The number of furan rings is 1. The first-order valence-electron chi connectivity index (χ1n) is 15.2. The summed E-state index contributed by atoms with van der Waals surface area (Å²) in [6.45, 7) is 0.673. The van der Waals surface area contributed by atoms with Crippen LogP contribution in [0.2, 0.25) is 0 Å². The van der Waals surface area contributed by atoms with E-state index >= 15 is 0 Å². The van der Waals surface area contributed by atoms with Crippen molar-refractivity contribution in [3.63, 3.8) is 0 Å². The third kappa shape index (κ3) is 5.59. The van der Waals surface area contributed by atoms with Crippen LogP contribution in [0.5, 0.6) is 0 Å². The van der Waals surface area contributed by atoms with Crippen LogP contribution in [0.15, 0.2) is 76.9 Å². The van der Waals surface area contributed by atoms with Crippen molar-refractivity contribution in [2.45, 2.75) is 38.0 Å². The fraction of sp³-hybridized carbons (Fsp3) is 0.294. The molecular weight excluding hydrogens is 602 g/mol. The second-order valence-corrected chi connectivity index (χ2v) is 12.7. The number of para-hydroxylation sites is 1. The van der Waals surface area contributed by atoms with Crippen LogP contribution < -0.4 is 11.1 Å². The minimum Gasteiger partial charge on any atom is -0.464 e. The Balaban J connectivity index is 1.21. The summed E-state index contributed by atoms with van der Waals surface area (Å²) in [6, 6.07) is 12.2. The maximum atomic E-state index is 14.3. The number of nitrogens with two attached hydrogens (primary N) is 1. The molecule has 1 aliphatic carbocycles. The van der Waals surface area contributed by atoms with Crippen LogP contribution in [-0.4, -0.2) is 81.0 Å². The van der Waals surface area contributed by atoms with Crippen molar-refractivity contribution < 1.29 is 18.8 Å². The first-order valence-corrected chi connectivity index (χ1v) is 16.0. The molecule has 0 spiro atoms. The molecule has 3 N–H and O–H groups in total. The van der Waals surface area contributed by atoms with Crippen LogP contribution in [0.25, 0.3) is 21.2 Å². The highest BCUT2D eigenvalue weighted by Gasteiger charge is 2.52. The zero-order valence-electron chi connectivity index (χ0n) is 25.1. The SMILES string of the molecule is C#CCN(C(=O)NCC1=CCCC=C1)N1CC(=O)N2[C@@H](Cc3ccc4occc4c3)C(=O)N(Cc3cccc4sc(N)nc34)C[C@@H]21. The summed E-state index contributed by atoms with van der Waals surface area (Å²) in [7, 11) is 0. The highest BCUT2D eigenvalue weighted by Crippen LogP contribution is 2.33. The normalized spacial score (nSPS) is 19.8. The number of hydrazine groups is 1. The van der Waals surface area contributed by atoms with Gasteiger partial charge in [-0.2, -0.15) is 5.01 Å². The molecule has 234 valence electrons. The quantitative estimate of drug-likeness (QED) is 0.281. The Labute approximate surface area is 269 Å². The molecule has 0 unspecified atom stereocenters. The molecule has 4 aromatic rings. The van der Waals surface area contributed by atoms with E-state index < -0.39 is 18.2 Å². The molecule has 0 bridgehead atoms. The Morgan fingerprint density at radius 2 is 2.11 bits per heavy atom. The van der Waals surface area contributed by atoms with Crippen molar-refractivity contribution in [2.24, 2.45) is 0 Å². The van der Waals surface area contributed by atoms with Gasteiger partial charge >= 0.3 is 6.03 Å². The minimum absolute atomic E-state index is 0.0362. The second-order valence-electron chi connectivity index (χ2n) is 11.6. The Morgan fingerprint density at radius 3 is 2.93 bits per heavy atom. The van der Waals surface area contributed by atoms with Gasteiger partial charge in [0, 0.05) is 24.9 Å². The number of amides is 4. The van der Waals surface area contributed by atoms with Gasteiger partial charge in [-0.3, -0.25) is 9.59 Å². The molecule has 2 fully saturated rings. The third-order valence-electron chi connectivity index (χ3n) is 8.69. The minimum atomic E-state index is -0.798. The summed E-state index contributed by atoms with van der Waals surface area (Å²) >= 11 is 1.39. The van der Waals surface area contributed by atoms with Crippen LogP contribution in [0, 0.1) is 12.3 Å². The largest absolute Gasteiger partial charge is 0.464 e. The number of nitrogens with one attached hydrogen (secondary N) is 1. The lowest BCUT2D eigenvalue weighted by Gasteiger charge is -2.46. The maximum absolute atomic E-state index is 14.3. The highest BCUT2D eigenvalue weighted by molar-refractivity contribution is 7.22. The van der Waals surface area contributed by atoms with Gasteiger partial charge in [-0.15, -0.1) is 6.42 Å². The number of nitrogens with zero attached hydrogens (tertiary/aromatic N) is 5. The van der Waals surface area contributed by atoms with E-state index in [9.17, 15) is 14.4 Å². The zero-order valence-corrected chi connectivity index (χ0v) is 25.9. The molecular formula is C34H33N7O4S. The summed E-state index contributed by atoms with van der Waals surface area (Å²) in [5.41, 5.74) is 10.3. The monoisotopic (exact) mass is 635 g/mol. The van der Waals surface area contributed by atoms with E-state index in [0.29, 0.717) is 18.1 Å². The first kappa shape index (κ1) is 29.6. The highest BCUT2D eigenvalue weighted by atomic mass is 32.1. The second kappa shape index (κ2) is 12.3. The van der Waals surface area contributed by atoms with Gasteiger partial charge in [-0.25, -0.2) is 14.8 Å². The van der Waals surface area contributed by atoms with Gasteiger partial charge in [0.15, 0.2) is 5.13 Å². The van der Waals surface area contributed by atoms with E-state index in [1.54, 1.807) is 21.1 Å². The molecule has 2 aromatic heterocycles. The molecule has 0 radical (unpaired) electrons. The smallest absolute Gasteiger partial charge is 0.333 e. The molecule has 2 aromatic carbocycles. The Morgan fingerprint density at radius 1 is 1.22 bits per heavy atom. The van der Waals surface area contributed by atoms with Crippen LogP contribution >= 0.6 is 11.3 Å². The average molecular weight is 636 g/mol. The first-order chi connectivity index (χ1) is 22.4. The van der Waals surface area contributed by atoms with Crippen molar-refractivity contribution in [1.82, 2.24) is 30.1 Å². The van der Waals surface area contributed by atoms with E-state index in [-0.39, 0.29) is 38.0 Å². The van der Waals surface area contributed by atoms with E-state index in [0.717, 1.165) is 50.7 Å². The molecule has 11 nitrogen and oxygen atoms in total. The number of nitrogen functional groups attached to an aromatic ring is 1. The van der Waals surface area contributed by atoms with Crippen LogP contribution in [0.4, 0.5) is 9.93 Å². The topological polar surface area (TPSA) is 128 Å². The summed E-state index contributed by atoms with van der Waals surface area (Å²) in [5, 5.41) is 7.45. The number of carbonyl (C=O) groups is 3. The van der Waals surface area contributed by atoms with Crippen molar-refractivity contribution in [1.29, 1.82) is 0 Å². The Hall–Kier alpha value is -5.12. The number of rotatable bonds is 8. The maximum Gasteiger partial charge on any atom is 0.333 e. The summed E-state index contributed by atoms with van der Waals surface area (Å²) in [5.74, 6) is 2.16. The lowest BCUT2D eigenvalue weighted by Crippen LogP contribution is -2.66. The number of thiazole rings is 1. The number of hydrogen-bond acceptors (Lipinski definition) is 8. The number of piperazine rings is 1. The number of urea groups is 1. The van der Waals surface area contributed by atoms with Crippen LogP contribution in [-0.2, 0) is 22.6 Å². The molecule has 0 saturated carbocycles. The van der Waals surface area contributed by atoms with Crippen molar-refractivity contribution in [3.8, 4) is 12.3 Å². The summed E-state index contributed by atoms with van der Waals surface area (Å²) < 4.78 is 6.44. The fourth-order valence-corrected chi connectivity index (χ4v) is 7.33. The number of terminal acetylenes is 1. The van der Waals surface area contributed by atoms with Gasteiger partial charge in [0.05, 0.1) is 36.1 Å². The van der Waals surface area contributed by atoms with Gasteiger partial charge in [0.1, 0.15) is 17.8 Å². The number of fused-ring (bicyclic) bond motifs is 3. The molecule has 3 aliphatic rings. The van der Waals surface area contributed by atoms with Crippen molar-refractivity contribution in [2.75, 3.05) is 31.9 Å². The number of benzene rings is 2. The lowest BCUT2D eigenvalue weighted by atomic mass is 9.99. The van der Waals surface area contributed by atoms with Crippen molar-refractivity contribution >= 4 is 55.5 Å². The fourth-order valence-electron chi connectivity index (χ4n) is 6.55. The Kier molecular flexibility index (Phi) is 7.94. The van der Waals surface area contributed by atoms with Gasteiger partial charge < -0.3 is 25.3 Å². The number of allylic oxidation sites excluding steroid dienone is 2. The van der Waals surface area contributed by atoms with Gasteiger partial charge in [-0.1, -0.05) is 53.7 Å². The van der Waals surface area contributed by atoms with E-state index in [1.807, 2.05) is 48.5 Å². The predicted molar refractivity (Wildman–Crippen MR) is 176 cm³/mol. The number of carbonyl (C=O) groups excluding carboxylic acids is 3. The van der Waals surface area contributed by atoms with E-state index in [4.69, 9.17) is 16.6 Å². The molecule has 2 atom stereocenters. The lowest BCUT2D eigenvalue weighted by molar-refractivity contribution is -0.157. The van der Waals surface area contributed by atoms with Crippen LogP contribution in [0.3, 0.4) is 0 Å². The van der Waals surface area contributed by atoms with E-state index in [1.165, 1.54) is 16.3 Å². The molecule has 4 amide bonds. The van der Waals surface area contributed by atoms with E-state index in [2.05, 4.69) is 28.4 Å². The molecule has 12 heteroatoms. The van der Waals surface area contributed by atoms with Crippen LogP contribution in [0.1, 0.15) is 24.0 Å². The number of aromatic nitrogens is 1. The third-order valence-corrected chi connectivity index (χ3v) is 9.54. The van der Waals surface area contributed by atoms with Gasteiger partial charge in [0.25, 0.3) is 0 Å². The number of hydrogen-bond donors (Lipinski definition) is 2. The summed E-state index contributed by atoms with van der Waals surface area (Å²) in [4.78, 5) is 49.6. The predicted octanol–water partition coefficient (Wildman–Crippen LogP) is 3.88. The molecule has 2 saturated heterocycles. The average Bonchev–Trinajstić information content (AvgIpc) is 3.77. The molecule has 2 aliphatic heterocycles. The molecule has 7 rings (SSSR count). The van der Waals surface area contributed by atoms with Gasteiger partial charge in [0.2, 0.25) is 11.8 Å². The zero-order chi connectivity index (χ0) is 31.8. The summed E-state index contributed by atoms with van der Waals surface area (Å²) in [6.07, 6.45) is 15.1. The Bertz CT molecular complexity index is 1940. The molecule has 46 heavy (non-hydrogen) atoms. The van der Waals surface area contributed by atoms with Crippen molar-refractivity contribution in [3.05, 3.63) is 83.7 Å². The standard InChI is InChI=1S/C34H33N7O4S/c1-2-14-39(34(44)36-18-22-7-4-3-5-8-22)40-21-30(42)41-26(17-23-11-12-27-24(16-23)13-15-45-27)32(43)38(20-29(40)41)19-25-9-6-10-28-31(25)37-33(35)46-28/h1,4,6-13,15-16,26,29H,3,5,14,17-21H2,(H2,35,37)(H,36,44)/t26-,29+/m0/s1. The number of anilines is 1. The molecule has 4 heterocycles.